The van der Waals surface area contributed by atoms with Crippen LogP contribution in [0.4, 0.5) is 4.79 Å². The van der Waals surface area contributed by atoms with Gasteiger partial charge in [-0.25, -0.2) is 4.79 Å². The second kappa shape index (κ2) is 5.18. The predicted molar refractivity (Wildman–Crippen MR) is 61.6 cm³/mol. The maximum Gasteiger partial charge on any atom is 0.317 e. The SMILES string of the molecule is O=C(O)C1C=CC(NC(=O)N2CCNCC2)C1. The molecule has 1 aliphatic carbocycles. The Balaban J connectivity index is 1.80. The number of carbonyl (C=O) groups excluding carboxylic acids is 1. The third kappa shape index (κ3) is 2.97. The molecule has 2 rings (SSSR count). The molecule has 0 spiro atoms. The molecule has 6 heteroatoms. The molecule has 94 valence electrons. The molecule has 6 nitrogen and oxygen atoms in total. The van der Waals surface area contributed by atoms with Crippen molar-refractivity contribution in [2.24, 2.45) is 5.92 Å². The second-order valence-corrected chi connectivity index (χ2v) is 4.36. The van der Waals surface area contributed by atoms with Crippen molar-refractivity contribution in [2.45, 2.75) is 12.5 Å². The normalized spacial score (nSPS) is 28.1. The molecule has 0 aromatic carbocycles. The number of aliphatic carboxylic acids is 1. The molecule has 3 N–H and O–H groups in total. The lowest BCUT2D eigenvalue weighted by Crippen LogP contribution is -2.51. The van der Waals surface area contributed by atoms with E-state index in [1.165, 1.54) is 0 Å². The number of carboxylic acid groups (broad SMARTS) is 1. The van der Waals surface area contributed by atoms with E-state index in [9.17, 15) is 9.59 Å². The Bertz CT molecular complexity index is 337. The van der Waals surface area contributed by atoms with Gasteiger partial charge in [0.25, 0.3) is 0 Å². The lowest BCUT2D eigenvalue weighted by atomic mass is 10.1. The second-order valence-electron chi connectivity index (χ2n) is 4.36. The van der Waals surface area contributed by atoms with E-state index in [0.717, 1.165) is 13.1 Å². The molecule has 1 aliphatic heterocycles. The summed E-state index contributed by atoms with van der Waals surface area (Å²) in [5.41, 5.74) is 0. The number of rotatable bonds is 2. The molecule has 17 heavy (non-hydrogen) atoms. The zero-order valence-electron chi connectivity index (χ0n) is 9.56. The molecule has 0 aromatic rings. The summed E-state index contributed by atoms with van der Waals surface area (Å²) in [4.78, 5) is 24.3. The number of nitrogens with one attached hydrogen (secondary N) is 2. The summed E-state index contributed by atoms with van der Waals surface area (Å²) in [5.74, 6) is -1.30. The number of urea groups is 1. The van der Waals surface area contributed by atoms with Crippen molar-refractivity contribution in [1.82, 2.24) is 15.5 Å². The highest BCUT2D eigenvalue weighted by molar-refractivity contribution is 5.76. The van der Waals surface area contributed by atoms with Crippen LogP contribution in [-0.4, -0.2) is 54.2 Å². The first-order valence-electron chi connectivity index (χ1n) is 5.84. The van der Waals surface area contributed by atoms with E-state index in [1.54, 1.807) is 17.1 Å². The van der Waals surface area contributed by atoms with Crippen molar-refractivity contribution >= 4 is 12.0 Å². The Morgan fingerprint density at radius 1 is 1.29 bits per heavy atom. The molecule has 0 bridgehead atoms. The molecular formula is C11H17N3O3. The van der Waals surface area contributed by atoms with Crippen molar-refractivity contribution in [3.63, 3.8) is 0 Å². The maximum absolute atomic E-state index is 11.8. The predicted octanol–water partition coefficient (Wildman–Crippen LogP) is -0.369. The number of nitrogens with zero attached hydrogens (tertiary/aromatic N) is 1. The number of carbonyl (C=O) groups is 2. The first-order valence-corrected chi connectivity index (χ1v) is 5.84. The first-order chi connectivity index (χ1) is 8.16. The highest BCUT2D eigenvalue weighted by Gasteiger charge is 2.26. The Hall–Kier alpha value is -1.56. The van der Waals surface area contributed by atoms with Gasteiger partial charge in [-0.05, 0) is 6.42 Å². The van der Waals surface area contributed by atoms with E-state index in [2.05, 4.69) is 10.6 Å². The Kier molecular flexibility index (Phi) is 3.63. The Morgan fingerprint density at radius 3 is 2.59 bits per heavy atom. The zero-order chi connectivity index (χ0) is 12.3. The lowest BCUT2D eigenvalue weighted by Gasteiger charge is -2.28. The molecule has 2 amide bonds. The molecule has 0 radical (unpaired) electrons. The van der Waals surface area contributed by atoms with Gasteiger partial charge >= 0.3 is 12.0 Å². The average Bonchev–Trinajstić information content (AvgIpc) is 2.79. The number of hydrogen-bond donors (Lipinski definition) is 3. The van der Waals surface area contributed by atoms with Crippen molar-refractivity contribution in [1.29, 1.82) is 0 Å². The van der Waals surface area contributed by atoms with E-state index in [1.807, 2.05) is 0 Å². The number of hydrogen-bond acceptors (Lipinski definition) is 3. The van der Waals surface area contributed by atoms with E-state index < -0.39 is 11.9 Å². The van der Waals surface area contributed by atoms with E-state index in [0.29, 0.717) is 19.5 Å². The standard InChI is InChI=1S/C11H17N3O3/c15-10(16)8-1-2-9(7-8)13-11(17)14-5-3-12-4-6-14/h1-2,8-9,12H,3-7H2,(H,13,17)(H,15,16). The van der Waals surface area contributed by atoms with Crippen LogP contribution in [0.5, 0.6) is 0 Å². The zero-order valence-corrected chi connectivity index (χ0v) is 9.56. The van der Waals surface area contributed by atoms with Crippen LogP contribution in [0.2, 0.25) is 0 Å². The summed E-state index contributed by atoms with van der Waals surface area (Å²) >= 11 is 0. The highest BCUT2D eigenvalue weighted by atomic mass is 16.4. The Labute approximate surface area is 99.7 Å². The van der Waals surface area contributed by atoms with E-state index in [-0.39, 0.29) is 12.1 Å². The third-order valence-corrected chi connectivity index (χ3v) is 3.11. The van der Waals surface area contributed by atoms with Crippen LogP contribution in [0.3, 0.4) is 0 Å². The van der Waals surface area contributed by atoms with Crippen LogP contribution in [0, 0.1) is 5.92 Å². The van der Waals surface area contributed by atoms with Crippen LogP contribution in [0.25, 0.3) is 0 Å². The summed E-state index contributed by atoms with van der Waals surface area (Å²) in [6, 6.07) is -0.259. The Morgan fingerprint density at radius 2 is 2.00 bits per heavy atom. The summed E-state index contributed by atoms with van der Waals surface area (Å²) in [5, 5.41) is 14.8. The van der Waals surface area contributed by atoms with Crippen molar-refractivity contribution in [2.75, 3.05) is 26.2 Å². The van der Waals surface area contributed by atoms with Crippen molar-refractivity contribution < 1.29 is 14.7 Å². The molecular weight excluding hydrogens is 222 g/mol. The van der Waals surface area contributed by atoms with Crippen LogP contribution >= 0.6 is 0 Å². The largest absolute Gasteiger partial charge is 0.481 e. The van der Waals surface area contributed by atoms with Crippen LogP contribution in [0.1, 0.15) is 6.42 Å². The average molecular weight is 239 g/mol. The smallest absolute Gasteiger partial charge is 0.317 e. The van der Waals surface area contributed by atoms with Gasteiger partial charge in [0.2, 0.25) is 0 Å². The van der Waals surface area contributed by atoms with Crippen LogP contribution < -0.4 is 10.6 Å². The minimum atomic E-state index is -0.833. The molecule has 0 aromatic heterocycles. The van der Waals surface area contributed by atoms with Gasteiger partial charge in [0.05, 0.1) is 12.0 Å². The summed E-state index contributed by atoms with van der Waals surface area (Å²) in [6.45, 7) is 3.02. The molecule has 1 saturated heterocycles. The van der Waals surface area contributed by atoms with Gasteiger partial charge in [-0.2, -0.15) is 0 Å². The van der Waals surface area contributed by atoms with Gasteiger partial charge in [0, 0.05) is 26.2 Å². The number of carboxylic acids is 1. The molecule has 2 unspecified atom stereocenters. The quantitative estimate of drug-likeness (QED) is 0.574. The molecule has 2 atom stereocenters. The van der Waals surface area contributed by atoms with E-state index in [4.69, 9.17) is 5.11 Å². The molecule has 0 saturated carbocycles. The molecule has 2 aliphatic rings. The van der Waals surface area contributed by atoms with Gasteiger partial charge in [-0.15, -0.1) is 0 Å². The molecule has 1 fully saturated rings. The minimum Gasteiger partial charge on any atom is -0.481 e. The monoisotopic (exact) mass is 239 g/mol. The van der Waals surface area contributed by atoms with Gasteiger partial charge in [0.15, 0.2) is 0 Å². The maximum atomic E-state index is 11.8. The van der Waals surface area contributed by atoms with Gasteiger partial charge < -0.3 is 20.6 Å². The number of amides is 2. The van der Waals surface area contributed by atoms with Crippen LogP contribution in [0.15, 0.2) is 12.2 Å². The van der Waals surface area contributed by atoms with Gasteiger partial charge in [-0.1, -0.05) is 12.2 Å². The van der Waals surface area contributed by atoms with Crippen LogP contribution in [-0.2, 0) is 4.79 Å². The van der Waals surface area contributed by atoms with Gasteiger partial charge in [-0.3, -0.25) is 4.79 Å². The topological polar surface area (TPSA) is 81.7 Å². The first kappa shape index (κ1) is 11.9. The highest BCUT2D eigenvalue weighted by Crippen LogP contribution is 2.18. The fourth-order valence-electron chi connectivity index (χ4n) is 2.11. The summed E-state index contributed by atoms with van der Waals surface area (Å²) < 4.78 is 0. The third-order valence-electron chi connectivity index (χ3n) is 3.11. The van der Waals surface area contributed by atoms with Gasteiger partial charge in [0.1, 0.15) is 0 Å². The fraction of sp³-hybridized carbons (Fsp3) is 0.636. The molecule has 1 heterocycles. The summed E-state index contributed by atoms with van der Waals surface area (Å²) in [7, 11) is 0. The van der Waals surface area contributed by atoms with Crippen molar-refractivity contribution in [3.05, 3.63) is 12.2 Å². The van der Waals surface area contributed by atoms with Crippen molar-refractivity contribution in [3.8, 4) is 0 Å². The lowest BCUT2D eigenvalue weighted by molar-refractivity contribution is -0.140. The number of piperazine rings is 1. The van der Waals surface area contributed by atoms with E-state index >= 15 is 0 Å². The summed E-state index contributed by atoms with van der Waals surface area (Å²) in [6.07, 6.45) is 3.86. The fourth-order valence-corrected chi connectivity index (χ4v) is 2.11. The minimum absolute atomic E-state index is 0.104.